The van der Waals surface area contributed by atoms with Gasteiger partial charge in [0.2, 0.25) is 5.91 Å². The minimum absolute atomic E-state index is 0.0244. The SMILES string of the molecule is C=CCNC(=O)c1ccc(N2CC(N)CC2=O)cc1. The van der Waals surface area contributed by atoms with Crippen molar-refractivity contribution in [3.8, 4) is 0 Å². The van der Waals surface area contributed by atoms with Crippen LogP contribution in [-0.4, -0.2) is 30.9 Å². The molecule has 0 bridgehead atoms. The van der Waals surface area contributed by atoms with Crippen molar-refractivity contribution in [3.05, 3.63) is 42.5 Å². The highest BCUT2D eigenvalue weighted by molar-refractivity contribution is 5.98. The summed E-state index contributed by atoms with van der Waals surface area (Å²) in [7, 11) is 0. The van der Waals surface area contributed by atoms with Crippen LogP contribution in [0.1, 0.15) is 16.8 Å². The van der Waals surface area contributed by atoms with E-state index in [0.717, 1.165) is 5.69 Å². The van der Waals surface area contributed by atoms with E-state index in [-0.39, 0.29) is 17.9 Å². The van der Waals surface area contributed by atoms with Crippen molar-refractivity contribution in [2.24, 2.45) is 5.73 Å². The number of rotatable bonds is 4. The number of hydrogen-bond acceptors (Lipinski definition) is 3. The Morgan fingerprint density at radius 2 is 2.16 bits per heavy atom. The second-order valence-electron chi connectivity index (χ2n) is 4.51. The molecule has 1 heterocycles. The van der Waals surface area contributed by atoms with Gasteiger partial charge in [-0.2, -0.15) is 0 Å². The highest BCUT2D eigenvalue weighted by Gasteiger charge is 2.27. The Kier molecular flexibility index (Phi) is 3.97. The zero-order chi connectivity index (χ0) is 13.8. The molecular weight excluding hydrogens is 242 g/mol. The maximum atomic E-state index is 11.7. The van der Waals surface area contributed by atoms with Crippen molar-refractivity contribution in [1.29, 1.82) is 0 Å². The van der Waals surface area contributed by atoms with Gasteiger partial charge >= 0.3 is 0 Å². The van der Waals surface area contributed by atoms with E-state index in [1.54, 1.807) is 35.2 Å². The van der Waals surface area contributed by atoms with Crippen LogP contribution in [0.15, 0.2) is 36.9 Å². The van der Waals surface area contributed by atoms with Crippen molar-refractivity contribution in [1.82, 2.24) is 5.32 Å². The van der Waals surface area contributed by atoms with Crippen LogP contribution in [0.5, 0.6) is 0 Å². The van der Waals surface area contributed by atoms with Crippen LogP contribution in [-0.2, 0) is 4.79 Å². The summed E-state index contributed by atoms with van der Waals surface area (Å²) in [6.07, 6.45) is 2.00. The lowest BCUT2D eigenvalue weighted by atomic mass is 10.2. The number of nitrogens with zero attached hydrogens (tertiary/aromatic N) is 1. The smallest absolute Gasteiger partial charge is 0.251 e. The standard InChI is InChI=1S/C14H17N3O2/c1-2-7-16-14(19)10-3-5-12(6-4-10)17-9-11(15)8-13(17)18/h2-6,11H,1,7-9,15H2,(H,16,19). The van der Waals surface area contributed by atoms with Crippen molar-refractivity contribution in [2.75, 3.05) is 18.0 Å². The molecule has 1 aromatic rings. The maximum Gasteiger partial charge on any atom is 0.251 e. The van der Waals surface area contributed by atoms with E-state index in [1.165, 1.54) is 0 Å². The summed E-state index contributed by atoms with van der Waals surface area (Å²) in [4.78, 5) is 25.0. The third-order valence-corrected chi connectivity index (χ3v) is 3.00. The van der Waals surface area contributed by atoms with E-state index in [1.807, 2.05) is 0 Å². The average Bonchev–Trinajstić information content (AvgIpc) is 2.75. The number of hydrogen-bond donors (Lipinski definition) is 2. The Hall–Kier alpha value is -2.14. The molecule has 1 atom stereocenters. The number of carbonyl (C=O) groups is 2. The molecular formula is C14H17N3O2. The fourth-order valence-electron chi connectivity index (χ4n) is 2.04. The van der Waals surface area contributed by atoms with Crippen LogP contribution in [0.25, 0.3) is 0 Å². The van der Waals surface area contributed by atoms with E-state index < -0.39 is 0 Å². The predicted octanol–water partition coefficient (Wildman–Crippen LogP) is 0.666. The van der Waals surface area contributed by atoms with Crippen molar-refractivity contribution >= 4 is 17.5 Å². The molecule has 2 rings (SSSR count). The van der Waals surface area contributed by atoms with E-state index in [9.17, 15) is 9.59 Å². The maximum absolute atomic E-state index is 11.7. The Morgan fingerprint density at radius 1 is 1.47 bits per heavy atom. The van der Waals surface area contributed by atoms with Gasteiger partial charge in [0.05, 0.1) is 0 Å². The third kappa shape index (κ3) is 3.00. The van der Waals surface area contributed by atoms with Crippen LogP contribution in [0.3, 0.4) is 0 Å². The monoisotopic (exact) mass is 259 g/mol. The van der Waals surface area contributed by atoms with E-state index in [0.29, 0.717) is 25.1 Å². The van der Waals surface area contributed by atoms with Crippen molar-refractivity contribution < 1.29 is 9.59 Å². The molecule has 0 aromatic heterocycles. The Balaban J connectivity index is 2.08. The van der Waals surface area contributed by atoms with Crippen LogP contribution in [0.4, 0.5) is 5.69 Å². The molecule has 1 aliphatic rings. The Bertz CT molecular complexity index is 496. The first-order valence-electron chi connectivity index (χ1n) is 6.17. The lowest BCUT2D eigenvalue weighted by molar-refractivity contribution is -0.117. The van der Waals surface area contributed by atoms with Gasteiger partial charge in [-0.05, 0) is 24.3 Å². The molecule has 1 unspecified atom stereocenters. The van der Waals surface area contributed by atoms with Crippen LogP contribution >= 0.6 is 0 Å². The Labute approximate surface area is 112 Å². The largest absolute Gasteiger partial charge is 0.349 e. The molecule has 3 N–H and O–H groups in total. The zero-order valence-corrected chi connectivity index (χ0v) is 10.6. The number of amides is 2. The van der Waals surface area contributed by atoms with E-state index in [2.05, 4.69) is 11.9 Å². The summed E-state index contributed by atoms with van der Waals surface area (Å²) in [5, 5.41) is 2.70. The molecule has 5 heteroatoms. The van der Waals surface area contributed by atoms with Crippen LogP contribution < -0.4 is 16.0 Å². The summed E-state index contributed by atoms with van der Waals surface area (Å²) in [6.45, 7) is 4.50. The van der Waals surface area contributed by atoms with Crippen molar-refractivity contribution in [2.45, 2.75) is 12.5 Å². The van der Waals surface area contributed by atoms with Gasteiger partial charge in [0.1, 0.15) is 0 Å². The molecule has 0 saturated carbocycles. The van der Waals surface area contributed by atoms with E-state index in [4.69, 9.17) is 5.73 Å². The summed E-state index contributed by atoms with van der Waals surface area (Å²) in [5.74, 6) is -0.132. The van der Waals surface area contributed by atoms with Gasteiger partial charge in [0.15, 0.2) is 0 Å². The van der Waals surface area contributed by atoms with Gasteiger partial charge in [-0.3, -0.25) is 9.59 Å². The van der Waals surface area contributed by atoms with Gasteiger partial charge in [0.25, 0.3) is 5.91 Å². The first-order chi connectivity index (χ1) is 9.11. The Morgan fingerprint density at radius 3 is 2.68 bits per heavy atom. The van der Waals surface area contributed by atoms with Gasteiger partial charge in [-0.1, -0.05) is 6.08 Å². The minimum Gasteiger partial charge on any atom is -0.349 e. The molecule has 0 aliphatic carbocycles. The lowest BCUT2D eigenvalue weighted by Crippen LogP contribution is -2.28. The first kappa shape index (κ1) is 13.3. The molecule has 5 nitrogen and oxygen atoms in total. The quantitative estimate of drug-likeness (QED) is 0.780. The van der Waals surface area contributed by atoms with Gasteiger partial charge in [-0.15, -0.1) is 6.58 Å². The fraction of sp³-hybridized carbons (Fsp3) is 0.286. The van der Waals surface area contributed by atoms with Crippen LogP contribution in [0.2, 0.25) is 0 Å². The molecule has 1 aromatic carbocycles. The van der Waals surface area contributed by atoms with E-state index >= 15 is 0 Å². The molecule has 1 saturated heterocycles. The van der Waals surface area contributed by atoms with Gasteiger partial charge in [-0.25, -0.2) is 0 Å². The highest BCUT2D eigenvalue weighted by atomic mass is 16.2. The highest BCUT2D eigenvalue weighted by Crippen LogP contribution is 2.21. The fourth-order valence-corrected chi connectivity index (χ4v) is 2.04. The number of nitrogens with one attached hydrogen (secondary N) is 1. The predicted molar refractivity (Wildman–Crippen MR) is 73.9 cm³/mol. The first-order valence-corrected chi connectivity index (χ1v) is 6.17. The summed E-state index contributed by atoms with van der Waals surface area (Å²) in [6, 6.07) is 6.82. The molecule has 19 heavy (non-hydrogen) atoms. The lowest BCUT2D eigenvalue weighted by Gasteiger charge is -2.16. The molecule has 100 valence electrons. The molecule has 0 spiro atoms. The number of carbonyl (C=O) groups excluding carboxylic acids is 2. The van der Waals surface area contributed by atoms with Gasteiger partial charge in [0, 0.05) is 36.8 Å². The van der Waals surface area contributed by atoms with Crippen LogP contribution in [0, 0.1) is 0 Å². The zero-order valence-electron chi connectivity index (χ0n) is 10.6. The summed E-state index contributed by atoms with van der Waals surface area (Å²) in [5.41, 5.74) is 7.08. The number of nitrogens with two attached hydrogens (primary N) is 1. The average molecular weight is 259 g/mol. The molecule has 1 fully saturated rings. The summed E-state index contributed by atoms with van der Waals surface area (Å²) >= 11 is 0. The molecule has 0 radical (unpaired) electrons. The second-order valence-corrected chi connectivity index (χ2v) is 4.51. The van der Waals surface area contributed by atoms with Crippen molar-refractivity contribution in [3.63, 3.8) is 0 Å². The van der Waals surface area contributed by atoms with Gasteiger partial charge < -0.3 is 16.0 Å². The normalized spacial score (nSPS) is 18.5. The summed E-state index contributed by atoms with van der Waals surface area (Å²) < 4.78 is 0. The third-order valence-electron chi connectivity index (χ3n) is 3.00. The minimum atomic E-state index is -0.157. The molecule has 2 amide bonds. The second kappa shape index (κ2) is 5.67. The topological polar surface area (TPSA) is 75.4 Å². The molecule has 1 aliphatic heterocycles. The number of anilines is 1. The number of benzene rings is 1.